The van der Waals surface area contributed by atoms with E-state index in [0.717, 1.165) is 12.1 Å². The molecule has 0 bridgehead atoms. The zero-order valence-electron chi connectivity index (χ0n) is 12.7. The van der Waals surface area contributed by atoms with Crippen LogP contribution in [0.2, 0.25) is 0 Å². The summed E-state index contributed by atoms with van der Waals surface area (Å²) in [5, 5.41) is 6.07. The van der Waals surface area contributed by atoms with E-state index in [1.807, 2.05) is 13.8 Å². The van der Waals surface area contributed by atoms with Gasteiger partial charge in [0.2, 0.25) is 5.91 Å². The summed E-state index contributed by atoms with van der Waals surface area (Å²) in [6.07, 6.45) is 0.868. The lowest BCUT2D eigenvalue weighted by Crippen LogP contribution is -2.38. The summed E-state index contributed by atoms with van der Waals surface area (Å²) in [6.45, 7) is 5.52. The van der Waals surface area contributed by atoms with Gasteiger partial charge in [0.05, 0.1) is 7.11 Å². The number of ether oxygens (including phenoxy) is 1. The molecule has 1 aromatic carbocycles. The molecule has 0 aliphatic carbocycles. The first-order valence-electron chi connectivity index (χ1n) is 6.89. The van der Waals surface area contributed by atoms with Crippen molar-refractivity contribution in [2.24, 2.45) is 0 Å². The SMILES string of the molecule is CCN[C@H](C)CNC(=O)CCc1ccc(OC)c(F)c1.Cl. The van der Waals surface area contributed by atoms with Crippen molar-refractivity contribution in [3.05, 3.63) is 29.6 Å². The van der Waals surface area contributed by atoms with Gasteiger partial charge in [0.1, 0.15) is 0 Å². The number of aryl methyl sites for hydroxylation is 1. The third-order valence-electron chi connectivity index (χ3n) is 3.01. The van der Waals surface area contributed by atoms with Gasteiger partial charge in [-0.15, -0.1) is 12.4 Å². The first-order chi connectivity index (χ1) is 9.56. The van der Waals surface area contributed by atoms with Crippen molar-refractivity contribution in [2.45, 2.75) is 32.7 Å². The monoisotopic (exact) mass is 318 g/mol. The molecule has 0 aliphatic rings. The van der Waals surface area contributed by atoms with Crippen LogP contribution in [-0.4, -0.2) is 32.1 Å². The Labute approximate surface area is 131 Å². The third-order valence-corrected chi connectivity index (χ3v) is 3.01. The summed E-state index contributed by atoms with van der Waals surface area (Å²) in [5.74, 6) is -0.199. The van der Waals surface area contributed by atoms with Crippen molar-refractivity contribution >= 4 is 18.3 Å². The molecule has 0 saturated carbocycles. The highest BCUT2D eigenvalue weighted by atomic mass is 35.5. The molecule has 1 aromatic rings. The van der Waals surface area contributed by atoms with Gasteiger partial charge in [-0.3, -0.25) is 4.79 Å². The molecule has 1 amide bonds. The van der Waals surface area contributed by atoms with Gasteiger partial charge in [0.25, 0.3) is 0 Å². The Morgan fingerprint density at radius 1 is 1.43 bits per heavy atom. The molecule has 6 heteroatoms. The molecule has 1 rings (SSSR count). The van der Waals surface area contributed by atoms with Gasteiger partial charge in [-0.2, -0.15) is 0 Å². The van der Waals surface area contributed by atoms with Gasteiger partial charge in [-0.1, -0.05) is 13.0 Å². The molecule has 0 heterocycles. The average molecular weight is 319 g/mol. The largest absolute Gasteiger partial charge is 0.494 e. The van der Waals surface area contributed by atoms with E-state index >= 15 is 0 Å². The van der Waals surface area contributed by atoms with Crippen LogP contribution in [0.1, 0.15) is 25.8 Å². The molecule has 120 valence electrons. The van der Waals surface area contributed by atoms with E-state index in [1.165, 1.54) is 13.2 Å². The number of hydrogen-bond acceptors (Lipinski definition) is 3. The van der Waals surface area contributed by atoms with E-state index in [4.69, 9.17) is 4.74 Å². The van der Waals surface area contributed by atoms with E-state index in [-0.39, 0.29) is 30.1 Å². The quantitative estimate of drug-likeness (QED) is 0.773. The van der Waals surface area contributed by atoms with Crippen LogP contribution < -0.4 is 15.4 Å². The molecule has 4 nitrogen and oxygen atoms in total. The van der Waals surface area contributed by atoms with Crippen molar-refractivity contribution in [3.63, 3.8) is 0 Å². The molecular weight excluding hydrogens is 295 g/mol. The lowest BCUT2D eigenvalue weighted by Gasteiger charge is -2.13. The van der Waals surface area contributed by atoms with Gasteiger partial charge in [0.15, 0.2) is 11.6 Å². The van der Waals surface area contributed by atoms with E-state index in [2.05, 4.69) is 10.6 Å². The molecule has 21 heavy (non-hydrogen) atoms. The number of halogens is 2. The molecule has 0 radical (unpaired) electrons. The predicted molar refractivity (Wildman–Crippen MR) is 84.7 cm³/mol. The van der Waals surface area contributed by atoms with Gasteiger partial charge in [-0.05, 0) is 37.6 Å². The van der Waals surface area contributed by atoms with Crippen LogP contribution in [0.5, 0.6) is 5.75 Å². The number of likely N-dealkylation sites (N-methyl/N-ethyl adjacent to an activating group) is 1. The number of carbonyl (C=O) groups excluding carboxylic acids is 1. The maximum absolute atomic E-state index is 13.5. The second kappa shape index (κ2) is 10.4. The highest BCUT2D eigenvalue weighted by Gasteiger charge is 2.07. The third kappa shape index (κ3) is 7.29. The highest BCUT2D eigenvalue weighted by molar-refractivity contribution is 5.85. The van der Waals surface area contributed by atoms with Crippen LogP contribution in [0, 0.1) is 5.82 Å². The summed E-state index contributed by atoms with van der Waals surface area (Å²) < 4.78 is 18.3. The number of methoxy groups -OCH3 is 1. The van der Waals surface area contributed by atoms with Crippen molar-refractivity contribution in [1.29, 1.82) is 0 Å². The fourth-order valence-corrected chi connectivity index (χ4v) is 1.90. The van der Waals surface area contributed by atoms with Crippen molar-refractivity contribution < 1.29 is 13.9 Å². The van der Waals surface area contributed by atoms with Crippen LogP contribution in [0.3, 0.4) is 0 Å². The Kier molecular flexibility index (Phi) is 9.75. The minimum atomic E-state index is -0.397. The lowest BCUT2D eigenvalue weighted by molar-refractivity contribution is -0.121. The Bertz CT molecular complexity index is 444. The van der Waals surface area contributed by atoms with Crippen LogP contribution in [-0.2, 0) is 11.2 Å². The van der Waals surface area contributed by atoms with Gasteiger partial charge in [-0.25, -0.2) is 4.39 Å². The number of hydrogen-bond donors (Lipinski definition) is 2. The summed E-state index contributed by atoms with van der Waals surface area (Å²) in [5.41, 5.74) is 0.790. The standard InChI is InChI=1S/C15H23FN2O2.ClH/c1-4-17-11(2)10-18-15(19)8-6-12-5-7-14(20-3)13(16)9-12;/h5,7,9,11,17H,4,6,8,10H2,1-3H3,(H,18,19);1H/t11-;/m1./s1. The van der Waals surface area contributed by atoms with Gasteiger partial charge >= 0.3 is 0 Å². The maximum atomic E-state index is 13.5. The van der Waals surface area contributed by atoms with Crippen LogP contribution in [0.25, 0.3) is 0 Å². The van der Waals surface area contributed by atoms with Crippen molar-refractivity contribution in [2.75, 3.05) is 20.2 Å². The van der Waals surface area contributed by atoms with Gasteiger partial charge < -0.3 is 15.4 Å². The summed E-state index contributed by atoms with van der Waals surface area (Å²) in [7, 11) is 1.43. The molecule has 0 aliphatic heterocycles. The molecule has 0 saturated heterocycles. The zero-order chi connectivity index (χ0) is 15.0. The molecule has 0 unspecified atom stereocenters. The normalized spacial score (nSPS) is 11.4. The highest BCUT2D eigenvalue weighted by Crippen LogP contribution is 2.18. The molecule has 0 aromatic heterocycles. The Balaban J connectivity index is 0.00000400. The minimum absolute atomic E-state index is 0. The number of amides is 1. The summed E-state index contributed by atoms with van der Waals surface area (Å²) >= 11 is 0. The second-order valence-corrected chi connectivity index (χ2v) is 4.73. The topological polar surface area (TPSA) is 50.4 Å². The molecule has 2 N–H and O–H groups in total. The Morgan fingerprint density at radius 2 is 2.14 bits per heavy atom. The average Bonchev–Trinajstić information content (AvgIpc) is 2.43. The first kappa shape index (κ1) is 19.7. The molecular formula is C15H24ClFN2O2. The second-order valence-electron chi connectivity index (χ2n) is 4.73. The molecule has 0 fully saturated rings. The smallest absolute Gasteiger partial charge is 0.220 e. The van der Waals surface area contributed by atoms with E-state index < -0.39 is 5.82 Å². The van der Waals surface area contributed by atoms with Crippen molar-refractivity contribution in [3.8, 4) is 5.75 Å². The number of nitrogens with one attached hydrogen (secondary N) is 2. The number of rotatable bonds is 8. The molecule has 0 spiro atoms. The number of benzene rings is 1. The predicted octanol–water partition coefficient (Wildman–Crippen LogP) is 2.30. The fourth-order valence-electron chi connectivity index (χ4n) is 1.90. The Morgan fingerprint density at radius 3 is 2.71 bits per heavy atom. The minimum Gasteiger partial charge on any atom is -0.494 e. The summed E-state index contributed by atoms with van der Waals surface area (Å²) in [6, 6.07) is 5.02. The van der Waals surface area contributed by atoms with Crippen LogP contribution >= 0.6 is 12.4 Å². The van der Waals surface area contributed by atoms with Gasteiger partial charge in [0, 0.05) is 19.0 Å². The number of carbonyl (C=O) groups is 1. The fraction of sp³-hybridized carbons (Fsp3) is 0.533. The summed E-state index contributed by atoms with van der Waals surface area (Å²) in [4.78, 5) is 11.7. The molecule has 1 atom stereocenters. The van der Waals surface area contributed by atoms with E-state index in [1.54, 1.807) is 12.1 Å². The van der Waals surface area contributed by atoms with E-state index in [9.17, 15) is 9.18 Å². The van der Waals surface area contributed by atoms with Crippen LogP contribution in [0.4, 0.5) is 4.39 Å². The van der Waals surface area contributed by atoms with Crippen LogP contribution in [0.15, 0.2) is 18.2 Å². The maximum Gasteiger partial charge on any atom is 0.220 e. The first-order valence-corrected chi connectivity index (χ1v) is 6.89. The lowest BCUT2D eigenvalue weighted by atomic mass is 10.1. The van der Waals surface area contributed by atoms with E-state index in [0.29, 0.717) is 19.4 Å². The Hall–Kier alpha value is -1.33. The van der Waals surface area contributed by atoms with Crippen molar-refractivity contribution in [1.82, 2.24) is 10.6 Å². The zero-order valence-corrected chi connectivity index (χ0v) is 13.6.